The first-order chi connectivity index (χ1) is 19.3. The molecule has 0 unspecified atom stereocenters. The van der Waals surface area contributed by atoms with Gasteiger partial charge in [0.05, 0.1) is 22.7 Å². The Morgan fingerprint density at radius 1 is 0.900 bits per heavy atom. The highest BCUT2D eigenvalue weighted by molar-refractivity contribution is 7.91. The van der Waals surface area contributed by atoms with Crippen molar-refractivity contribution in [1.29, 1.82) is 0 Å². The molecule has 0 amide bonds. The number of halogens is 2. The van der Waals surface area contributed by atoms with Crippen LogP contribution in [0.1, 0.15) is 31.2 Å². The fourth-order valence-electron chi connectivity index (χ4n) is 4.48. The largest absolute Gasteiger partial charge is 0.435 e. The van der Waals surface area contributed by atoms with Gasteiger partial charge in [0, 0.05) is 24.5 Å². The molecule has 2 aromatic carbocycles. The second-order valence-electron chi connectivity index (χ2n) is 9.57. The van der Waals surface area contributed by atoms with Crippen LogP contribution in [0.3, 0.4) is 0 Å². The molecule has 0 aliphatic heterocycles. The summed E-state index contributed by atoms with van der Waals surface area (Å²) in [6.45, 7) is 0. The van der Waals surface area contributed by atoms with Crippen molar-refractivity contribution in [2.75, 3.05) is 10.0 Å². The van der Waals surface area contributed by atoms with Gasteiger partial charge in [0.2, 0.25) is 27.7 Å². The molecule has 9 nitrogen and oxygen atoms in total. The Balaban J connectivity index is 1.34. The number of hydrogen-bond donors (Lipinski definition) is 3. The maximum Gasteiger partial charge on any atom is 0.237 e. The summed E-state index contributed by atoms with van der Waals surface area (Å²) in [7, 11) is -4.00. The van der Waals surface area contributed by atoms with Gasteiger partial charge in [0.1, 0.15) is 0 Å². The molecule has 4 N–H and O–H groups in total. The van der Waals surface area contributed by atoms with Crippen molar-refractivity contribution in [3.8, 4) is 22.9 Å². The maximum absolute atomic E-state index is 15.0. The maximum atomic E-state index is 15.0. The lowest BCUT2D eigenvalue weighted by molar-refractivity contribution is 0.407. The first kappa shape index (κ1) is 27.4. The number of rotatable bonds is 9. The minimum Gasteiger partial charge on any atom is -0.435 e. The van der Waals surface area contributed by atoms with Gasteiger partial charge in [0.25, 0.3) is 0 Å². The first-order valence-electron chi connectivity index (χ1n) is 12.8. The third-order valence-corrected chi connectivity index (χ3v) is 7.77. The van der Waals surface area contributed by atoms with E-state index in [0.29, 0.717) is 22.8 Å². The van der Waals surface area contributed by atoms with Gasteiger partial charge in [-0.05, 0) is 61.6 Å². The van der Waals surface area contributed by atoms with Crippen LogP contribution >= 0.6 is 0 Å². The van der Waals surface area contributed by atoms with Gasteiger partial charge in [-0.15, -0.1) is 0 Å². The Morgan fingerprint density at radius 2 is 1.68 bits per heavy atom. The second-order valence-corrected chi connectivity index (χ2v) is 11.3. The van der Waals surface area contributed by atoms with E-state index in [4.69, 9.17) is 10.5 Å². The Morgan fingerprint density at radius 3 is 2.45 bits per heavy atom. The minimum absolute atomic E-state index is 0.00787. The van der Waals surface area contributed by atoms with Gasteiger partial charge in [-0.3, -0.25) is 4.72 Å². The topological polar surface area (TPSA) is 132 Å². The van der Waals surface area contributed by atoms with Crippen LogP contribution in [0.2, 0.25) is 0 Å². The Bertz CT molecular complexity index is 1580. The highest BCUT2D eigenvalue weighted by Gasteiger charge is 2.22. The summed E-state index contributed by atoms with van der Waals surface area (Å²) in [5.41, 5.74) is 6.88. The molecule has 4 aromatic rings. The van der Waals surface area contributed by atoms with Gasteiger partial charge in [-0.1, -0.05) is 30.3 Å². The van der Waals surface area contributed by atoms with E-state index in [-0.39, 0.29) is 18.0 Å². The normalized spacial score (nSPS) is 17.3. The molecule has 1 saturated carbocycles. The summed E-state index contributed by atoms with van der Waals surface area (Å²) >= 11 is 0. The molecule has 40 heavy (non-hydrogen) atoms. The van der Waals surface area contributed by atoms with Crippen LogP contribution in [-0.2, 0) is 15.8 Å². The van der Waals surface area contributed by atoms with E-state index >= 15 is 4.39 Å². The lowest BCUT2D eigenvalue weighted by Crippen LogP contribution is -2.33. The molecular formula is C28H28F2N6O3S. The molecular weight excluding hydrogens is 538 g/mol. The van der Waals surface area contributed by atoms with Crippen molar-refractivity contribution < 1.29 is 21.9 Å². The van der Waals surface area contributed by atoms with Crippen molar-refractivity contribution in [2.24, 2.45) is 5.73 Å². The fourth-order valence-corrected chi connectivity index (χ4v) is 5.68. The average Bonchev–Trinajstić information content (AvgIpc) is 2.95. The lowest BCUT2D eigenvalue weighted by Gasteiger charge is -2.26. The van der Waals surface area contributed by atoms with Crippen LogP contribution in [0, 0.1) is 11.6 Å². The number of hydrogen-bond acceptors (Lipinski definition) is 8. The smallest absolute Gasteiger partial charge is 0.237 e. The zero-order chi connectivity index (χ0) is 28.1. The molecule has 1 fully saturated rings. The van der Waals surface area contributed by atoms with Crippen LogP contribution in [0.15, 0.2) is 73.1 Å². The minimum atomic E-state index is -4.00. The van der Waals surface area contributed by atoms with E-state index in [0.717, 1.165) is 37.8 Å². The Labute approximate surface area is 230 Å². The highest BCUT2D eigenvalue weighted by Crippen LogP contribution is 2.34. The molecule has 2 heterocycles. The highest BCUT2D eigenvalue weighted by atomic mass is 32.2. The van der Waals surface area contributed by atoms with Crippen molar-refractivity contribution in [3.05, 3.63) is 90.3 Å². The summed E-state index contributed by atoms with van der Waals surface area (Å²) < 4.78 is 62.7. The number of ether oxygens (including phenoxy) is 1. The average molecular weight is 567 g/mol. The predicted octanol–water partition coefficient (Wildman–Crippen LogP) is 5.23. The van der Waals surface area contributed by atoms with Crippen molar-refractivity contribution in [1.82, 2.24) is 15.0 Å². The number of nitrogens with one attached hydrogen (secondary N) is 2. The van der Waals surface area contributed by atoms with Gasteiger partial charge < -0.3 is 15.8 Å². The molecule has 5 rings (SSSR count). The van der Waals surface area contributed by atoms with Crippen LogP contribution in [0.25, 0.3) is 11.3 Å². The molecule has 0 spiro atoms. The van der Waals surface area contributed by atoms with Gasteiger partial charge in [-0.2, -0.15) is 4.39 Å². The SMILES string of the molecule is N[C@H]1CC[C@H](Nc2nccc(-c3cccnc3Oc3ccc(NS(=O)(=O)Cc4ccccc4)c(F)c3F)n2)CC1. The molecule has 0 saturated heterocycles. The van der Waals surface area contributed by atoms with Crippen molar-refractivity contribution >= 4 is 21.7 Å². The number of nitrogens with zero attached hydrogens (tertiary/aromatic N) is 3. The lowest BCUT2D eigenvalue weighted by atomic mass is 9.92. The third kappa shape index (κ3) is 6.69. The van der Waals surface area contributed by atoms with Crippen molar-refractivity contribution in [3.63, 3.8) is 0 Å². The van der Waals surface area contributed by atoms with Crippen molar-refractivity contribution in [2.45, 2.75) is 43.5 Å². The Hall–Kier alpha value is -4.16. The summed E-state index contributed by atoms with van der Waals surface area (Å²) in [5.74, 6) is -3.20. The molecule has 0 radical (unpaired) electrons. The van der Waals surface area contributed by atoms with E-state index in [1.165, 1.54) is 6.20 Å². The van der Waals surface area contributed by atoms with E-state index < -0.39 is 38.8 Å². The van der Waals surface area contributed by atoms with Crippen LogP contribution in [0.5, 0.6) is 11.6 Å². The number of nitrogens with two attached hydrogens (primary N) is 1. The number of sulfonamides is 1. The van der Waals surface area contributed by atoms with Crippen LogP contribution < -0.4 is 20.5 Å². The molecule has 1 aliphatic rings. The number of benzene rings is 2. The number of anilines is 2. The van der Waals surface area contributed by atoms with E-state index in [2.05, 4.69) is 25.0 Å². The molecule has 1 aliphatic carbocycles. The molecule has 208 valence electrons. The predicted molar refractivity (Wildman–Crippen MR) is 148 cm³/mol. The van der Waals surface area contributed by atoms with Crippen LogP contribution in [0.4, 0.5) is 20.4 Å². The molecule has 12 heteroatoms. The molecule has 0 bridgehead atoms. The van der Waals surface area contributed by atoms with Gasteiger partial charge in [-0.25, -0.2) is 27.8 Å². The third-order valence-electron chi connectivity index (χ3n) is 6.53. The number of aromatic nitrogens is 3. The fraction of sp³-hybridized carbons (Fsp3) is 0.250. The monoisotopic (exact) mass is 566 g/mol. The van der Waals surface area contributed by atoms with Crippen LogP contribution in [-0.4, -0.2) is 35.5 Å². The quantitative estimate of drug-likeness (QED) is 0.251. The zero-order valence-corrected chi connectivity index (χ0v) is 22.2. The van der Waals surface area contributed by atoms with E-state index in [1.54, 1.807) is 54.7 Å². The standard InChI is InChI=1S/C28H28F2N6O3S/c29-25-23(36-40(37,38)17-18-5-2-1-3-6-18)12-13-24(26(25)30)39-27-21(7-4-15-32-27)22-14-16-33-28(35-22)34-20-10-8-19(31)9-11-20/h1-7,12-16,19-20,36H,8-11,17,31H2,(H,33,34,35)/t19-,20-. The zero-order valence-electron chi connectivity index (χ0n) is 21.4. The second kappa shape index (κ2) is 11.9. The molecule has 2 aromatic heterocycles. The number of pyridine rings is 1. The van der Waals surface area contributed by atoms with E-state index in [1.807, 2.05) is 0 Å². The van der Waals surface area contributed by atoms with E-state index in [9.17, 15) is 12.8 Å². The summed E-state index contributed by atoms with van der Waals surface area (Å²) in [5, 5.41) is 3.33. The summed E-state index contributed by atoms with van der Waals surface area (Å²) in [4.78, 5) is 13.1. The summed E-state index contributed by atoms with van der Waals surface area (Å²) in [6.07, 6.45) is 6.72. The Kier molecular flexibility index (Phi) is 8.17. The van der Waals surface area contributed by atoms with Gasteiger partial charge >= 0.3 is 0 Å². The van der Waals surface area contributed by atoms with Gasteiger partial charge in [0.15, 0.2) is 11.6 Å². The first-order valence-corrected chi connectivity index (χ1v) is 14.4. The molecule has 0 atom stereocenters. The summed E-state index contributed by atoms with van der Waals surface area (Å²) in [6, 6.07) is 16.1.